The van der Waals surface area contributed by atoms with Crippen LogP contribution in [0.2, 0.25) is 0 Å². The summed E-state index contributed by atoms with van der Waals surface area (Å²) < 4.78 is 4.69. The molecule has 0 fully saturated rings. The van der Waals surface area contributed by atoms with Crippen LogP contribution >= 0.6 is 0 Å². The summed E-state index contributed by atoms with van der Waals surface area (Å²) >= 11 is 0. The predicted octanol–water partition coefficient (Wildman–Crippen LogP) is 3.48. The van der Waals surface area contributed by atoms with E-state index in [9.17, 15) is 4.79 Å². The van der Waals surface area contributed by atoms with Crippen LogP contribution in [0.25, 0.3) is 0 Å². The average Bonchev–Trinajstić information content (AvgIpc) is 2.33. The van der Waals surface area contributed by atoms with E-state index >= 15 is 0 Å². The van der Waals surface area contributed by atoms with Crippen molar-refractivity contribution in [1.29, 1.82) is 0 Å². The van der Waals surface area contributed by atoms with E-state index < -0.39 is 0 Å². The van der Waals surface area contributed by atoms with Crippen molar-refractivity contribution >= 4 is 6.47 Å². The zero-order chi connectivity index (χ0) is 11.6. The van der Waals surface area contributed by atoms with E-state index in [-0.39, 0.29) is 0 Å². The number of unbranched alkanes of at least 4 members (excludes halogenated alkanes) is 3. The molecule has 0 heterocycles. The summed E-state index contributed by atoms with van der Waals surface area (Å²) in [5.74, 6) is 0. The first-order valence-corrected chi connectivity index (χ1v) is 6.00. The molecular weight excluding hydrogens is 200 g/mol. The second kappa shape index (κ2) is 7.91. The third-order valence-electron chi connectivity index (χ3n) is 2.66. The summed E-state index contributed by atoms with van der Waals surface area (Å²) in [6, 6.07) is 8.29. The number of aryl methyl sites for hydroxylation is 1. The van der Waals surface area contributed by atoms with Crippen molar-refractivity contribution in [3.05, 3.63) is 35.4 Å². The molecule has 0 saturated heterocycles. The van der Waals surface area contributed by atoms with Crippen molar-refractivity contribution in [3.8, 4) is 0 Å². The van der Waals surface area contributed by atoms with Gasteiger partial charge < -0.3 is 4.74 Å². The fourth-order valence-corrected chi connectivity index (χ4v) is 1.69. The highest BCUT2D eigenvalue weighted by molar-refractivity contribution is 5.37. The van der Waals surface area contributed by atoms with E-state index in [2.05, 4.69) is 19.1 Å². The second-order valence-electron chi connectivity index (χ2n) is 4.03. The van der Waals surface area contributed by atoms with Gasteiger partial charge >= 0.3 is 0 Å². The van der Waals surface area contributed by atoms with Crippen LogP contribution in [0.15, 0.2) is 24.3 Å². The molecule has 0 aliphatic rings. The minimum atomic E-state index is 0.375. The molecule has 88 valence electrons. The number of carbonyl (C=O) groups is 1. The Hall–Kier alpha value is -1.31. The van der Waals surface area contributed by atoms with Gasteiger partial charge in [0.05, 0.1) is 0 Å². The maximum atomic E-state index is 10.0. The van der Waals surface area contributed by atoms with Gasteiger partial charge in [-0.05, 0) is 24.0 Å². The molecule has 0 amide bonds. The molecule has 16 heavy (non-hydrogen) atoms. The summed E-state index contributed by atoms with van der Waals surface area (Å²) in [4.78, 5) is 10.0. The lowest BCUT2D eigenvalue weighted by atomic mass is 10.0. The van der Waals surface area contributed by atoms with Crippen molar-refractivity contribution < 1.29 is 9.53 Å². The predicted molar refractivity (Wildman–Crippen MR) is 65.1 cm³/mol. The number of hydrogen-bond acceptors (Lipinski definition) is 2. The Morgan fingerprint density at radius 1 is 1.06 bits per heavy atom. The van der Waals surface area contributed by atoms with Crippen LogP contribution in [0.1, 0.15) is 43.7 Å². The Balaban J connectivity index is 2.30. The first-order valence-electron chi connectivity index (χ1n) is 6.00. The number of carbonyl (C=O) groups excluding carboxylic acids is 1. The van der Waals surface area contributed by atoms with Gasteiger partial charge in [0.25, 0.3) is 6.47 Å². The zero-order valence-electron chi connectivity index (χ0n) is 9.95. The molecule has 0 unspecified atom stereocenters. The SMILES string of the molecule is CCCCCCc1ccc(COC=O)cc1. The van der Waals surface area contributed by atoms with Gasteiger partial charge in [-0.25, -0.2) is 0 Å². The van der Waals surface area contributed by atoms with Gasteiger partial charge in [-0.3, -0.25) is 4.79 Å². The molecule has 0 saturated carbocycles. The summed E-state index contributed by atoms with van der Waals surface area (Å²) in [5.41, 5.74) is 2.41. The minimum Gasteiger partial charge on any atom is -0.463 e. The Kier molecular flexibility index (Phi) is 6.31. The molecule has 0 aliphatic heterocycles. The van der Waals surface area contributed by atoms with Crippen molar-refractivity contribution in [1.82, 2.24) is 0 Å². The Morgan fingerprint density at radius 2 is 1.75 bits per heavy atom. The van der Waals surface area contributed by atoms with Gasteiger partial charge in [-0.15, -0.1) is 0 Å². The lowest BCUT2D eigenvalue weighted by Crippen LogP contribution is -1.91. The maximum absolute atomic E-state index is 10.0. The molecule has 0 bridgehead atoms. The van der Waals surface area contributed by atoms with Crippen LogP contribution in [0, 0.1) is 0 Å². The number of ether oxygens (including phenoxy) is 1. The highest BCUT2D eigenvalue weighted by atomic mass is 16.5. The molecule has 2 nitrogen and oxygen atoms in total. The number of hydrogen-bond donors (Lipinski definition) is 0. The lowest BCUT2D eigenvalue weighted by Gasteiger charge is -2.03. The van der Waals surface area contributed by atoms with Gasteiger partial charge in [0.1, 0.15) is 6.61 Å². The van der Waals surface area contributed by atoms with E-state index in [1.165, 1.54) is 31.2 Å². The van der Waals surface area contributed by atoms with Crippen LogP contribution in [-0.4, -0.2) is 6.47 Å². The number of rotatable bonds is 8. The fraction of sp³-hybridized carbons (Fsp3) is 0.500. The first kappa shape index (κ1) is 12.8. The summed E-state index contributed by atoms with van der Waals surface area (Å²) in [7, 11) is 0. The molecule has 0 spiro atoms. The highest BCUT2D eigenvalue weighted by Gasteiger charge is 1.95. The Morgan fingerprint density at radius 3 is 2.38 bits per heavy atom. The molecule has 2 heteroatoms. The molecule has 0 N–H and O–H groups in total. The maximum Gasteiger partial charge on any atom is 0.293 e. The topological polar surface area (TPSA) is 26.3 Å². The first-order chi connectivity index (χ1) is 7.86. The van der Waals surface area contributed by atoms with Gasteiger partial charge in [0.15, 0.2) is 0 Å². The molecule has 1 rings (SSSR count). The van der Waals surface area contributed by atoms with E-state index in [0.29, 0.717) is 13.1 Å². The molecule has 0 aliphatic carbocycles. The monoisotopic (exact) mass is 220 g/mol. The lowest BCUT2D eigenvalue weighted by molar-refractivity contribution is -0.129. The van der Waals surface area contributed by atoms with Gasteiger partial charge in [-0.1, -0.05) is 50.5 Å². The number of benzene rings is 1. The van der Waals surface area contributed by atoms with Crippen LogP contribution in [-0.2, 0) is 22.6 Å². The minimum absolute atomic E-state index is 0.375. The van der Waals surface area contributed by atoms with Crippen molar-refractivity contribution in [2.45, 2.75) is 45.6 Å². The van der Waals surface area contributed by atoms with Crippen LogP contribution in [0.5, 0.6) is 0 Å². The Bertz CT molecular complexity index is 290. The molecule has 1 aromatic rings. The quantitative estimate of drug-likeness (QED) is 0.495. The van der Waals surface area contributed by atoms with Gasteiger partial charge in [0, 0.05) is 0 Å². The molecular formula is C14H20O2. The van der Waals surface area contributed by atoms with E-state index in [1.807, 2.05) is 12.1 Å². The van der Waals surface area contributed by atoms with Crippen molar-refractivity contribution in [3.63, 3.8) is 0 Å². The van der Waals surface area contributed by atoms with Crippen molar-refractivity contribution in [2.24, 2.45) is 0 Å². The fourth-order valence-electron chi connectivity index (χ4n) is 1.69. The average molecular weight is 220 g/mol. The smallest absolute Gasteiger partial charge is 0.293 e. The van der Waals surface area contributed by atoms with Crippen LogP contribution in [0.4, 0.5) is 0 Å². The molecule has 1 aromatic carbocycles. The van der Waals surface area contributed by atoms with Gasteiger partial charge in [0.2, 0.25) is 0 Å². The standard InChI is InChI=1S/C14H20O2/c1-2-3-4-5-6-13-7-9-14(10-8-13)11-16-12-15/h7-10,12H,2-6,11H2,1H3. The zero-order valence-corrected chi connectivity index (χ0v) is 9.95. The van der Waals surface area contributed by atoms with Crippen LogP contribution < -0.4 is 0 Å². The third-order valence-corrected chi connectivity index (χ3v) is 2.66. The largest absolute Gasteiger partial charge is 0.463 e. The molecule has 0 radical (unpaired) electrons. The van der Waals surface area contributed by atoms with Crippen molar-refractivity contribution in [2.75, 3.05) is 0 Å². The third kappa shape index (κ3) is 4.96. The molecule has 0 atom stereocenters. The van der Waals surface area contributed by atoms with E-state index in [1.54, 1.807) is 0 Å². The summed E-state index contributed by atoms with van der Waals surface area (Å²) in [6.45, 7) is 3.08. The normalized spacial score (nSPS) is 10.1. The van der Waals surface area contributed by atoms with Gasteiger partial charge in [-0.2, -0.15) is 0 Å². The van der Waals surface area contributed by atoms with E-state index in [0.717, 1.165) is 12.0 Å². The molecule has 0 aromatic heterocycles. The van der Waals surface area contributed by atoms with E-state index in [4.69, 9.17) is 4.74 Å². The second-order valence-corrected chi connectivity index (χ2v) is 4.03. The highest BCUT2D eigenvalue weighted by Crippen LogP contribution is 2.10. The summed E-state index contributed by atoms with van der Waals surface area (Å²) in [6.07, 6.45) is 6.33. The summed E-state index contributed by atoms with van der Waals surface area (Å²) in [5, 5.41) is 0. The van der Waals surface area contributed by atoms with Crippen LogP contribution in [0.3, 0.4) is 0 Å². The Labute approximate surface area is 97.6 Å².